The average Bonchev–Trinajstić information content (AvgIpc) is 3.46. The van der Waals surface area contributed by atoms with E-state index < -0.39 is 0 Å². The molecule has 0 radical (unpaired) electrons. The van der Waals surface area contributed by atoms with Crippen molar-refractivity contribution in [2.45, 2.75) is 39.7 Å². The summed E-state index contributed by atoms with van der Waals surface area (Å²) in [6, 6.07) is 20.7. The molecule has 0 saturated carbocycles. The number of ether oxygens (including phenoxy) is 3. The first-order chi connectivity index (χ1) is 20.6. The molecule has 3 heterocycles. The summed E-state index contributed by atoms with van der Waals surface area (Å²) in [5.41, 5.74) is 6.91. The number of benzene rings is 3. The van der Waals surface area contributed by atoms with Gasteiger partial charge in [0.2, 0.25) is 0 Å². The third-order valence-electron chi connectivity index (χ3n) is 8.00. The number of allylic oxidation sites excluding steroid dienone is 1. The van der Waals surface area contributed by atoms with Gasteiger partial charge in [-0.05, 0) is 43.7 Å². The van der Waals surface area contributed by atoms with Crippen molar-refractivity contribution in [2.75, 3.05) is 26.4 Å². The van der Waals surface area contributed by atoms with Crippen molar-refractivity contribution in [2.24, 2.45) is 7.05 Å². The Kier molecular flexibility index (Phi) is 8.11. The van der Waals surface area contributed by atoms with Gasteiger partial charge in [0.15, 0.2) is 0 Å². The molecule has 5 aromatic rings. The highest BCUT2D eigenvalue weighted by molar-refractivity contribution is 6.05. The molecule has 6 rings (SSSR count). The number of hydrogen-bond donors (Lipinski definition) is 0. The molecule has 0 fully saturated rings. The number of nitrogens with zero attached hydrogens (tertiary/aromatic N) is 3. The molecule has 42 heavy (non-hydrogen) atoms. The average molecular weight is 564 g/mol. The van der Waals surface area contributed by atoms with Gasteiger partial charge in [-0.2, -0.15) is 5.10 Å². The Morgan fingerprint density at radius 2 is 1.83 bits per heavy atom. The third-order valence-corrected chi connectivity index (χ3v) is 8.00. The highest BCUT2D eigenvalue weighted by Gasteiger charge is 2.27. The van der Waals surface area contributed by atoms with E-state index in [1.165, 1.54) is 0 Å². The second-order valence-corrected chi connectivity index (χ2v) is 10.6. The van der Waals surface area contributed by atoms with Gasteiger partial charge in [0.1, 0.15) is 11.4 Å². The van der Waals surface area contributed by atoms with E-state index in [2.05, 4.69) is 54.0 Å². The van der Waals surface area contributed by atoms with Gasteiger partial charge in [0, 0.05) is 47.6 Å². The molecular weight excluding hydrogens is 526 g/mol. The van der Waals surface area contributed by atoms with Crippen molar-refractivity contribution in [3.05, 3.63) is 95.5 Å². The molecule has 1 aliphatic heterocycles. The predicted octanol–water partition coefficient (Wildman–Crippen LogP) is 6.82. The second kappa shape index (κ2) is 12.2. The number of hydrogen-bond acceptors (Lipinski definition) is 5. The second-order valence-electron chi connectivity index (χ2n) is 10.6. The number of para-hydroxylation sites is 1. The minimum Gasteiger partial charge on any atom is -0.493 e. The van der Waals surface area contributed by atoms with Crippen LogP contribution in [0.25, 0.3) is 32.8 Å². The maximum Gasteiger partial charge on any atom is 0.355 e. The fourth-order valence-corrected chi connectivity index (χ4v) is 6.21. The van der Waals surface area contributed by atoms with E-state index in [-0.39, 0.29) is 5.97 Å². The van der Waals surface area contributed by atoms with Crippen molar-refractivity contribution in [1.82, 2.24) is 14.3 Å². The smallest absolute Gasteiger partial charge is 0.355 e. The zero-order valence-corrected chi connectivity index (χ0v) is 24.6. The molecule has 0 N–H and O–H groups in total. The van der Waals surface area contributed by atoms with E-state index >= 15 is 0 Å². The Hall–Kier alpha value is -4.36. The normalized spacial score (nSPS) is 14.3. The van der Waals surface area contributed by atoms with Crippen molar-refractivity contribution in [3.8, 4) is 16.9 Å². The fraction of sp³-hybridized carbons (Fsp3) is 0.314. The number of carbonyl (C=O) groups excluding carboxylic acids is 1. The van der Waals surface area contributed by atoms with E-state index in [1.54, 1.807) is 0 Å². The molecule has 216 valence electrons. The van der Waals surface area contributed by atoms with Crippen LogP contribution in [0.4, 0.5) is 0 Å². The largest absolute Gasteiger partial charge is 0.493 e. The number of rotatable bonds is 7. The van der Waals surface area contributed by atoms with Gasteiger partial charge in [0.05, 0.1) is 37.6 Å². The number of carbonyl (C=O) groups is 1. The Morgan fingerprint density at radius 3 is 2.71 bits per heavy atom. The molecule has 7 nitrogen and oxygen atoms in total. The zero-order valence-electron chi connectivity index (χ0n) is 24.6. The number of esters is 1. The lowest BCUT2D eigenvalue weighted by atomic mass is 9.97. The highest BCUT2D eigenvalue weighted by Crippen LogP contribution is 2.38. The van der Waals surface area contributed by atoms with Gasteiger partial charge in [-0.3, -0.25) is 4.68 Å². The van der Waals surface area contributed by atoms with Crippen LogP contribution in [-0.4, -0.2) is 46.7 Å². The Morgan fingerprint density at radius 1 is 1.02 bits per heavy atom. The Labute approximate surface area is 246 Å². The molecular formula is C35H37N3O4. The molecule has 0 unspecified atom stereocenters. The minimum absolute atomic E-state index is 0.301. The minimum atomic E-state index is -0.301. The van der Waals surface area contributed by atoms with E-state index in [0.717, 1.165) is 68.3 Å². The van der Waals surface area contributed by atoms with Crippen LogP contribution in [0, 0.1) is 6.92 Å². The van der Waals surface area contributed by atoms with Gasteiger partial charge in [-0.25, -0.2) is 4.79 Å². The number of fused-ring (bicyclic) bond motifs is 3. The van der Waals surface area contributed by atoms with Crippen molar-refractivity contribution >= 4 is 27.6 Å². The highest BCUT2D eigenvalue weighted by atomic mass is 16.5. The lowest BCUT2D eigenvalue weighted by molar-refractivity contribution is 0.0513. The van der Waals surface area contributed by atoms with Crippen LogP contribution in [0.2, 0.25) is 0 Å². The summed E-state index contributed by atoms with van der Waals surface area (Å²) in [5, 5.41) is 8.10. The molecule has 3 aromatic carbocycles. The third kappa shape index (κ3) is 5.21. The van der Waals surface area contributed by atoms with Crippen LogP contribution >= 0.6 is 0 Å². The van der Waals surface area contributed by atoms with Gasteiger partial charge in [0.25, 0.3) is 0 Å². The fourth-order valence-electron chi connectivity index (χ4n) is 6.21. The Bertz CT molecular complexity index is 1770. The molecule has 0 bridgehead atoms. The SMILES string of the molecule is CCOC(=O)c1c(CCCOc2cccc3ccccc23)c2cccc3c2n1C/C=C\COCCc1c-3c(C)nn1C. The summed E-state index contributed by atoms with van der Waals surface area (Å²) in [6.07, 6.45) is 6.28. The van der Waals surface area contributed by atoms with Gasteiger partial charge in [-0.1, -0.05) is 66.7 Å². The van der Waals surface area contributed by atoms with E-state index in [9.17, 15) is 4.79 Å². The van der Waals surface area contributed by atoms with Crippen LogP contribution < -0.4 is 4.74 Å². The molecule has 2 aromatic heterocycles. The van der Waals surface area contributed by atoms with Crippen molar-refractivity contribution in [3.63, 3.8) is 0 Å². The first-order valence-electron chi connectivity index (χ1n) is 14.8. The summed E-state index contributed by atoms with van der Waals surface area (Å²) >= 11 is 0. The molecule has 0 amide bonds. The van der Waals surface area contributed by atoms with Crippen molar-refractivity contribution in [1.29, 1.82) is 0 Å². The molecule has 1 aliphatic rings. The summed E-state index contributed by atoms with van der Waals surface area (Å²) in [7, 11) is 1.99. The Balaban J connectivity index is 1.43. The van der Waals surface area contributed by atoms with Gasteiger partial charge in [-0.15, -0.1) is 0 Å². The molecule has 0 aliphatic carbocycles. The monoisotopic (exact) mass is 563 g/mol. The summed E-state index contributed by atoms with van der Waals surface area (Å²) < 4.78 is 21.9. The molecule has 7 heteroatoms. The lowest BCUT2D eigenvalue weighted by Gasteiger charge is -2.14. The topological polar surface area (TPSA) is 67.5 Å². The molecule has 0 atom stereocenters. The molecule has 0 spiro atoms. The maximum atomic E-state index is 13.6. The predicted molar refractivity (Wildman–Crippen MR) is 166 cm³/mol. The van der Waals surface area contributed by atoms with E-state index in [4.69, 9.17) is 19.3 Å². The number of aryl methyl sites for hydroxylation is 3. The summed E-state index contributed by atoms with van der Waals surface area (Å²) in [6.45, 7) is 6.41. The van der Waals surface area contributed by atoms with Crippen LogP contribution in [0.5, 0.6) is 5.75 Å². The lowest BCUT2D eigenvalue weighted by Crippen LogP contribution is -2.15. The maximum absolute atomic E-state index is 13.6. The van der Waals surface area contributed by atoms with Crippen LogP contribution in [-0.2, 0) is 35.9 Å². The first kappa shape index (κ1) is 27.8. The first-order valence-corrected chi connectivity index (χ1v) is 14.8. The van der Waals surface area contributed by atoms with Gasteiger partial charge < -0.3 is 18.8 Å². The van der Waals surface area contributed by atoms with Gasteiger partial charge >= 0.3 is 5.97 Å². The molecule has 0 saturated heterocycles. The van der Waals surface area contributed by atoms with Crippen molar-refractivity contribution < 1.29 is 19.0 Å². The van der Waals surface area contributed by atoms with Crippen LogP contribution in [0.15, 0.2) is 72.8 Å². The zero-order chi connectivity index (χ0) is 29.1. The number of aromatic nitrogens is 3. The summed E-state index contributed by atoms with van der Waals surface area (Å²) in [4.78, 5) is 13.6. The quantitative estimate of drug-likeness (QED) is 0.123. The standard InChI is InChI=1S/C35H37N3O4/c1-4-41-35(39)34-28(17-11-22-42-31-18-9-13-25-12-5-6-14-26(25)31)27-15-10-16-29-32-24(2)36-37(3)30(32)19-23-40-21-8-7-20-38(34)33(27)29/h5-10,12-16,18H,4,11,17,19-23H2,1-3H3/b8-7-. The van der Waals surface area contributed by atoms with E-state index in [1.807, 2.05) is 49.0 Å². The summed E-state index contributed by atoms with van der Waals surface area (Å²) in [5.74, 6) is 0.574. The van der Waals surface area contributed by atoms with Crippen LogP contribution in [0.3, 0.4) is 0 Å². The van der Waals surface area contributed by atoms with E-state index in [0.29, 0.717) is 45.1 Å². The van der Waals surface area contributed by atoms with Crippen LogP contribution in [0.1, 0.15) is 40.8 Å².